The van der Waals surface area contributed by atoms with Crippen LogP contribution in [0.15, 0.2) is 36.9 Å². The summed E-state index contributed by atoms with van der Waals surface area (Å²) in [6, 6.07) is 6.29. The number of hydrogen-bond donors (Lipinski definition) is 0. The zero-order valence-electron chi connectivity index (χ0n) is 13.6. The van der Waals surface area contributed by atoms with Crippen molar-refractivity contribution in [2.75, 3.05) is 18.5 Å². The van der Waals surface area contributed by atoms with Crippen molar-refractivity contribution >= 4 is 16.7 Å². The molecule has 1 aromatic carbocycles. The van der Waals surface area contributed by atoms with Gasteiger partial charge in [-0.2, -0.15) is 0 Å². The molecule has 3 heterocycles. The van der Waals surface area contributed by atoms with Crippen molar-refractivity contribution in [3.05, 3.63) is 48.3 Å². The first-order valence-corrected chi connectivity index (χ1v) is 8.14. The highest BCUT2D eigenvalue weighted by atomic mass is 15.2. The van der Waals surface area contributed by atoms with E-state index in [1.54, 1.807) is 6.33 Å². The predicted octanol–water partition coefficient (Wildman–Crippen LogP) is 2.83. The molecule has 0 bridgehead atoms. The third kappa shape index (κ3) is 2.56. The normalized spacial score (nSPS) is 17.2. The lowest BCUT2D eigenvalue weighted by Crippen LogP contribution is -2.32. The Morgan fingerprint density at radius 2 is 2.17 bits per heavy atom. The molecule has 0 N–H and O–H groups in total. The van der Waals surface area contributed by atoms with Crippen molar-refractivity contribution in [3.8, 4) is 0 Å². The molecule has 118 valence electrons. The molecule has 0 amide bonds. The molecule has 5 nitrogen and oxygen atoms in total. The summed E-state index contributed by atoms with van der Waals surface area (Å²) >= 11 is 0. The largest absolute Gasteiger partial charge is 0.359 e. The van der Waals surface area contributed by atoms with Crippen LogP contribution in [0.5, 0.6) is 0 Å². The topological polar surface area (TPSA) is 46.8 Å². The lowest BCUT2D eigenvalue weighted by atomic mass is 9.99. The van der Waals surface area contributed by atoms with Crippen molar-refractivity contribution in [2.24, 2.45) is 5.92 Å². The van der Waals surface area contributed by atoms with E-state index >= 15 is 0 Å². The molecular formula is C18H21N5. The van der Waals surface area contributed by atoms with Gasteiger partial charge in [-0.1, -0.05) is 12.1 Å². The Kier molecular flexibility index (Phi) is 3.48. The van der Waals surface area contributed by atoms with Crippen LogP contribution >= 0.6 is 0 Å². The summed E-state index contributed by atoms with van der Waals surface area (Å²) < 4.78 is 2.28. The van der Waals surface area contributed by atoms with Crippen LogP contribution in [-0.2, 0) is 13.0 Å². The molecule has 0 fully saturated rings. The van der Waals surface area contributed by atoms with Gasteiger partial charge in [-0.15, -0.1) is 0 Å². The summed E-state index contributed by atoms with van der Waals surface area (Å²) in [6.45, 7) is 4.14. The molecule has 4 rings (SSSR count). The highest BCUT2D eigenvalue weighted by Gasteiger charge is 2.21. The van der Waals surface area contributed by atoms with Crippen LogP contribution in [0, 0.1) is 12.8 Å². The molecular weight excluding hydrogens is 286 g/mol. The number of aromatic nitrogens is 4. The third-order valence-corrected chi connectivity index (χ3v) is 4.77. The predicted molar refractivity (Wildman–Crippen MR) is 91.6 cm³/mol. The third-order valence-electron chi connectivity index (χ3n) is 4.77. The summed E-state index contributed by atoms with van der Waals surface area (Å²) in [5.74, 6) is 2.86. The van der Waals surface area contributed by atoms with Crippen LogP contribution in [-0.4, -0.2) is 33.1 Å². The van der Waals surface area contributed by atoms with Gasteiger partial charge in [0.2, 0.25) is 0 Å². The molecule has 0 spiro atoms. The zero-order chi connectivity index (χ0) is 15.8. The minimum atomic E-state index is 0.622. The number of rotatable bonds is 3. The van der Waals surface area contributed by atoms with E-state index in [-0.39, 0.29) is 0 Å². The van der Waals surface area contributed by atoms with Crippen molar-refractivity contribution in [2.45, 2.75) is 26.3 Å². The number of aryl methyl sites for hydroxylation is 2. The average Bonchev–Trinajstić information content (AvgIpc) is 3.02. The highest BCUT2D eigenvalue weighted by Crippen LogP contribution is 2.26. The van der Waals surface area contributed by atoms with E-state index in [1.165, 1.54) is 17.8 Å². The number of nitrogens with zero attached hydrogens (tertiary/aromatic N) is 5. The van der Waals surface area contributed by atoms with E-state index in [9.17, 15) is 0 Å². The Hall–Kier alpha value is -2.43. The van der Waals surface area contributed by atoms with Gasteiger partial charge in [-0.3, -0.25) is 0 Å². The molecule has 23 heavy (non-hydrogen) atoms. The fourth-order valence-electron chi connectivity index (χ4n) is 3.59. The quantitative estimate of drug-likeness (QED) is 0.746. The van der Waals surface area contributed by atoms with Crippen molar-refractivity contribution in [1.82, 2.24) is 19.5 Å². The molecule has 3 aromatic rings. The second kappa shape index (κ2) is 5.65. The van der Waals surface area contributed by atoms with E-state index in [4.69, 9.17) is 0 Å². The number of imidazole rings is 1. The molecule has 1 aliphatic heterocycles. The van der Waals surface area contributed by atoms with Gasteiger partial charge in [0.05, 0.1) is 5.52 Å². The van der Waals surface area contributed by atoms with Gasteiger partial charge in [-0.05, 0) is 30.9 Å². The van der Waals surface area contributed by atoms with Gasteiger partial charge in [0.1, 0.15) is 18.0 Å². The van der Waals surface area contributed by atoms with Gasteiger partial charge >= 0.3 is 0 Å². The van der Waals surface area contributed by atoms with Crippen LogP contribution in [0.1, 0.15) is 17.8 Å². The first-order chi connectivity index (χ1) is 11.2. The summed E-state index contributed by atoms with van der Waals surface area (Å²) in [5.41, 5.74) is 2.24. The van der Waals surface area contributed by atoms with Crippen molar-refractivity contribution < 1.29 is 0 Å². The molecule has 0 unspecified atom stereocenters. The van der Waals surface area contributed by atoms with E-state index in [0.717, 1.165) is 36.2 Å². The van der Waals surface area contributed by atoms with E-state index in [2.05, 4.69) is 62.8 Å². The second-order valence-corrected chi connectivity index (χ2v) is 6.45. The maximum Gasteiger partial charge on any atom is 0.139 e. The van der Waals surface area contributed by atoms with Gasteiger partial charge < -0.3 is 9.47 Å². The molecule has 1 atom stereocenters. The minimum Gasteiger partial charge on any atom is -0.359 e. The van der Waals surface area contributed by atoms with Gasteiger partial charge in [0.15, 0.2) is 0 Å². The lowest BCUT2D eigenvalue weighted by Gasteiger charge is -2.29. The molecule has 0 saturated heterocycles. The monoisotopic (exact) mass is 307 g/mol. The zero-order valence-corrected chi connectivity index (χ0v) is 13.6. The summed E-state index contributed by atoms with van der Waals surface area (Å²) in [7, 11) is 2.13. The molecule has 0 aliphatic carbocycles. The fourth-order valence-corrected chi connectivity index (χ4v) is 3.59. The summed E-state index contributed by atoms with van der Waals surface area (Å²) in [6.07, 6.45) is 7.92. The SMILES string of the molecule is Cc1cccc2c(N(C)C[C@@H]3CCc4nccn4C3)ncnc12. The van der Waals surface area contributed by atoms with Gasteiger partial charge in [-0.25, -0.2) is 15.0 Å². The Bertz CT molecular complexity index is 838. The minimum absolute atomic E-state index is 0.622. The molecule has 5 heteroatoms. The molecule has 0 radical (unpaired) electrons. The Morgan fingerprint density at radius 3 is 3.09 bits per heavy atom. The highest BCUT2D eigenvalue weighted by molar-refractivity contribution is 5.91. The van der Waals surface area contributed by atoms with Crippen LogP contribution in [0.4, 0.5) is 5.82 Å². The number of anilines is 1. The molecule has 1 aliphatic rings. The van der Waals surface area contributed by atoms with Crippen LogP contribution in [0.25, 0.3) is 10.9 Å². The summed E-state index contributed by atoms with van der Waals surface area (Å²) in [4.78, 5) is 15.7. The van der Waals surface area contributed by atoms with E-state index < -0.39 is 0 Å². The van der Waals surface area contributed by atoms with Crippen molar-refractivity contribution in [3.63, 3.8) is 0 Å². The number of hydrogen-bond acceptors (Lipinski definition) is 4. The molecule has 0 saturated carbocycles. The second-order valence-electron chi connectivity index (χ2n) is 6.45. The Labute approximate surface area is 136 Å². The fraction of sp³-hybridized carbons (Fsp3) is 0.389. The number of para-hydroxylation sites is 1. The van der Waals surface area contributed by atoms with E-state index in [1.807, 2.05) is 6.20 Å². The average molecular weight is 307 g/mol. The Balaban J connectivity index is 1.58. The van der Waals surface area contributed by atoms with Crippen LogP contribution < -0.4 is 4.90 Å². The first kappa shape index (κ1) is 14.2. The Morgan fingerprint density at radius 1 is 1.26 bits per heavy atom. The number of benzene rings is 1. The summed E-state index contributed by atoms with van der Waals surface area (Å²) in [5, 5.41) is 1.13. The van der Waals surface area contributed by atoms with Crippen LogP contribution in [0.3, 0.4) is 0 Å². The molecule has 2 aromatic heterocycles. The van der Waals surface area contributed by atoms with Crippen molar-refractivity contribution in [1.29, 1.82) is 0 Å². The maximum atomic E-state index is 4.54. The lowest BCUT2D eigenvalue weighted by molar-refractivity contribution is 0.368. The first-order valence-electron chi connectivity index (χ1n) is 8.14. The number of fused-ring (bicyclic) bond motifs is 2. The van der Waals surface area contributed by atoms with Crippen LogP contribution in [0.2, 0.25) is 0 Å². The standard InChI is InChI=1S/C18H21N5/c1-13-4-3-5-15-17(13)20-12-21-18(15)22(2)10-14-6-7-16-19-8-9-23(16)11-14/h3-5,8-9,12,14H,6-7,10-11H2,1-2H3/t14-/m0/s1. The smallest absolute Gasteiger partial charge is 0.139 e. The van der Waals surface area contributed by atoms with Gasteiger partial charge in [0.25, 0.3) is 0 Å². The maximum absolute atomic E-state index is 4.54. The van der Waals surface area contributed by atoms with E-state index in [0.29, 0.717) is 5.92 Å². The van der Waals surface area contributed by atoms with Gasteiger partial charge in [0, 0.05) is 44.3 Å².